The Morgan fingerprint density at radius 2 is 1.52 bits per heavy atom. The number of hydrogen-bond donors (Lipinski definition) is 0. The minimum Gasteiger partial charge on any atom is -0.373 e. The molecule has 21 heavy (non-hydrogen) atoms. The first-order chi connectivity index (χ1) is 9.90. The zero-order chi connectivity index (χ0) is 15.5. The van der Waals surface area contributed by atoms with Gasteiger partial charge in [-0.1, -0.05) is 48.0 Å². The highest BCUT2D eigenvalue weighted by Crippen LogP contribution is 2.27. The van der Waals surface area contributed by atoms with Crippen molar-refractivity contribution in [1.82, 2.24) is 0 Å². The van der Waals surface area contributed by atoms with Crippen molar-refractivity contribution in [2.24, 2.45) is 0 Å². The summed E-state index contributed by atoms with van der Waals surface area (Å²) in [5.74, 6) is -0.962. The monoisotopic (exact) mass is 310 g/mol. The van der Waals surface area contributed by atoms with Crippen LogP contribution in [0.1, 0.15) is 11.1 Å². The summed E-state index contributed by atoms with van der Waals surface area (Å²) in [5, 5.41) is 0. The van der Waals surface area contributed by atoms with Crippen LogP contribution < -0.4 is 0 Å². The van der Waals surface area contributed by atoms with Crippen LogP contribution in [0.5, 0.6) is 0 Å². The average molecular weight is 310 g/mol. The van der Waals surface area contributed by atoms with E-state index in [1.807, 2.05) is 0 Å². The van der Waals surface area contributed by atoms with E-state index in [0.29, 0.717) is 0 Å². The Labute approximate surface area is 121 Å². The van der Waals surface area contributed by atoms with Crippen LogP contribution in [-0.2, 0) is 14.3 Å². The van der Waals surface area contributed by atoms with E-state index in [1.54, 1.807) is 25.1 Å². The lowest BCUT2D eigenvalue weighted by atomic mass is 10.2. The maximum absolute atomic E-state index is 13.0. The topological polar surface area (TPSA) is 43.4 Å². The van der Waals surface area contributed by atoms with E-state index >= 15 is 0 Å². The number of halogens is 2. The Bertz CT molecular complexity index is 747. The molecule has 0 aliphatic carbocycles. The summed E-state index contributed by atoms with van der Waals surface area (Å²) in [5.41, 5.74) is 0.845. The summed E-state index contributed by atoms with van der Waals surface area (Å²) >= 11 is 0. The van der Waals surface area contributed by atoms with E-state index in [0.717, 1.165) is 5.56 Å². The first-order valence-corrected chi connectivity index (χ1v) is 7.43. The molecule has 0 aromatic heterocycles. The second-order valence-corrected chi connectivity index (χ2v) is 5.85. The van der Waals surface area contributed by atoms with Crippen LogP contribution in [0, 0.1) is 6.92 Å². The molecule has 0 fully saturated rings. The fourth-order valence-electron chi connectivity index (χ4n) is 1.64. The Hall–Kier alpha value is -2.21. The van der Waals surface area contributed by atoms with Crippen LogP contribution in [0.25, 0.3) is 5.76 Å². The molecular formula is C15H12F2O3S. The highest BCUT2D eigenvalue weighted by molar-refractivity contribution is 7.87. The fraction of sp³-hybridized carbons (Fsp3) is 0.0667. The Balaban J connectivity index is 2.38. The summed E-state index contributed by atoms with van der Waals surface area (Å²) in [6.07, 6.45) is -2.20. The highest BCUT2D eigenvalue weighted by Gasteiger charge is 2.22. The van der Waals surface area contributed by atoms with Crippen molar-refractivity contribution in [3.8, 4) is 0 Å². The molecular weight excluding hydrogens is 298 g/mol. The van der Waals surface area contributed by atoms with Gasteiger partial charge in [0.1, 0.15) is 4.90 Å². The van der Waals surface area contributed by atoms with Gasteiger partial charge in [-0.25, -0.2) is 0 Å². The Morgan fingerprint density at radius 3 is 2.05 bits per heavy atom. The van der Waals surface area contributed by atoms with Crippen molar-refractivity contribution in [3.05, 3.63) is 71.8 Å². The van der Waals surface area contributed by atoms with Crippen molar-refractivity contribution >= 4 is 15.9 Å². The number of hydrogen-bond acceptors (Lipinski definition) is 3. The minimum atomic E-state index is -4.31. The van der Waals surface area contributed by atoms with E-state index in [2.05, 4.69) is 4.18 Å². The van der Waals surface area contributed by atoms with Crippen molar-refractivity contribution in [1.29, 1.82) is 0 Å². The average Bonchev–Trinajstić information content (AvgIpc) is 2.46. The Kier molecular flexibility index (Phi) is 4.37. The normalized spacial score (nSPS) is 11.0. The zero-order valence-electron chi connectivity index (χ0n) is 11.1. The van der Waals surface area contributed by atoms with E-state index in [9.17, 15) is 17.2 Å². The van der Waals surface area contributed by atoms with Crippen molar-refractivity contribution < 1.29 is 21.4 Å². The molecule has 3 nitrogen and oxygen atoms in total. The molecule has 0 bridgehead atoms. The quantitative estimate of drug-likeness (QED) is 0.634. The largest absolute Gasteiger partial charge is 0.373 e. The summed E-state index contributed by atoms with van der Waals surface area (Å²) in [6.45, 7) is 1.79. The van der Waals surface area contributed by atoms with Gasteiger partial charge in [-0.15, -0.1) is 0 Å². The van der Waals surface area contributed by atoms with Crippen molar-refractivity contribution in [2.75, 3.05) is 0 Å². The Morgan fingerprint density at radius 1 is 0.952 bits per heavy atom. The van der Waals surface area contributed by atoms with Gasteiger partial charge in [0.05, 0.1) is 0 Å². The van der Waals surface area contributed by atoms with Gasteiger partial charge < -0.3 is 4.18 Å². The van der Waals surface area contributed by atoms with Crippen LogP contribution in [-0.4, -0.2) is 8.42 Å². The predicted molar refractivity (Wildman–Crippen MR) is 75.0 cm³/mol. The van der Waals surface area contributed by atoms with E-state index in [1.165, 1.54) is 36.4 Å². The summed E-state index contributed by atoms with van der Waals surface area (Å²) in [7, 11) is -4.31. The highest BCUT2D eigenvalue weighted by atomic mass is 32.2. The first-order valence-electron chi connectivity index (χ1n) is 6.02. The zero-order valence-corrected chi connectivity index (χ0v) is 11.9. The maximum atomic E-state index is 13.0. The van der Waals surface area contributed by atoms with Crippen molar-refractivity contribution in [3.63, 3.8) is 0 Å². The lowest BCUT2D eigenvalue weighted by Crippen LogP contribution is -2.06. The standard InChI is InChI=1S/C15H12F2O3S/c1-11-7-9-13(10-8-11)21(18,19)20-14(15(16)17)12-5-3-2-4-6-12/h2-10H,1H3. The molecule has 2 rings (SSSR count). The molecule has 2 aromatic rings. The second kappa shape index (κ2) is 6.05. The molecule has 0 saturated heterocycles. The number of aryl methyl sites for hydroxylation is 1. The molecule has 0 unspecified atom stereocenters. The molecule has 0 aliphatic rings. The first kappa shape index (κ1) is 15.2. The lowest BCUT2D eigenvalue weighted by molar-refractivity contribution is 0.381. The van der Waals surface area contributed by atoms with Crippen LogP contribution in [0.15, 0.2) is 65.6 Å². The molecule has 0 heterocycles. The van der Waals surface area contributed by atoms with E-state index in [-0.39, 0.29) is 10.5 Å². The predicted octanol–water partition coefficient (Wildman–Crippen LogP) is 3.97. The molecule has 6 heteroatoms. The number of benzene rings is 2. The van der Waals surface area contributed by atoms with Gasteiger partial charge in [0.2, 0.25) is 5.76 Å². The molecule has 110 valence electrons. The van der Waals surface area contributed by atoms with Crippen LogP contribution in [0.4, 0.5) is 8.78 Å². The number of rotatable bonds is 4. The van der Waals surface area contributed by atoms with Gasteiger partial charge in [-0.05, 0) is 19.1 Å². The lowest BCUT2D eigenvalue weighted by Gasteiger charge is -2.10. The molecule has 0 atom stereocenters. The van der Waals surface area contributed by atoms with Gasteiger partial charge >= 0.3 is 16.2 Å². The molecule has 0 radical (unpaired) electrons. The SMILES string of the molecule is Cc1ccc(S(=O)(=O)OC(=C(F)F)c2ccccc2)cc1. The summed E-state index contributed by atoms with van der Waals surface area (Å²) < 4.78 is 54.7. The van der Waals surface area contributed by atoms with Gasteiger partial charge in [0.25, 0.3) is 0 Å². The molecule has 2 aromatic carbocycles. The van der Waals surface area contributed by atoms with Gasteiger partial charge in [0, 0.05) is 5.56 Å². The molecule has 0 N–H and O–H groups in total. The van der Waals surface area contributed by atoms with Crippen LogP contribution >= 0.6 is 0 Å². The second-order valence-electron chi connectivity index (χ2n) is 4.31. The van der Waals surface area contributed by atoms with Gasteiger partial charge in [-0.3, -0.25) is 0 Å². The van der Waals surface area contributed by atoms with E-state index in [4.69, 9.17) is 0 Å². The maximum Gasteiger partial charge on any atom is 0.339 e. The third-order valence-corrected chi connectivity index (χ3v) is 3.95. The van der Waals surface area contributed by atoms with Crippen molar-refractivity contribution in [2.45, 2.75) is 11.8 Å². The molecule has 0 spiro atoms. The van der Waals surface area contributed by atoms with Gasteiger partial charge in [-0.2, -0.15) is 17.2 Å². The fourth-order valence-corrected chi connectivity index (χ4v) is 2.59. The smallest absolute Gasteiger partial charge is 0.339 e. The summed E-state index contributed by atoms with van der Waals surface area (Å²) in [4.78, 5) is -0.178. The van der Waals surface area contributed by atoms with E-state index < -0.39 is 22.0 Å². The minimum absolute atomic E-state index is 0.00631. The van der Waals surface area contributed by atoms with Gasteiger partial charge in [0.15, 0.2) is 0 Å². The molecule has 0 amide bonds. The van der Waals surface area contributed by atoms with Crippen LogP contribution in [0.3, 0.4) is 0 Å². The molecule has 0 aliphatic heterocycles. The summed E-state index contributed by atoms with van der Waals surface area (Å²) in [6, 6.07) is 13.1. The van der Waals surface area contributed by atoms with Crippen LogP contribution in [0.2, 0.25) is 0 Å². The third kappa shape index (κ3) is 3.66. The molecule has 0 saturated carbocycles. The third-order valence-electron chi connectivity index (χ3n) is 2.71.